The van der Waals surface area contributed by atoms with Crippen LogP contribution in [0.4, 0.5) is 0 Å². The lowest BCUT2D eigenvalue weighted by Gasteiger charge is -2.26. The molecule has 0 saturated heterocycles. The highest BCUT2D eigenvalue weighted by molar-refractivity contribution is 5.95. The minimum Gasteiger partial charge on any atom is -0.383 e. The molecule has 0 aliphatic carbocycles. The summed E-state index contributed by atoms with van der Waals surface area (Å²) in [4.78, 5) is 14.2. The average Bonchev–Trinajstić information content (AvgIpc) is 2.36. The molecule has 0 aromatic heterocycles. The molecule has 1 aromatic carbocycles. The fourth-order valence-corrected chi connectivity index (χ4v) is 2.01. The molecule has 1 N–H and O–H groups in total. The van der Waals surface area contributed by atoms with Gasteiger partial charge >= 0.3 is 0 Å². The molecule has 1 amide bonds. The fraction of sp³-hybridized carbons (Fsp3) is 0.462. The van der Waals surface area contributed by atoms with Crippen molar-refractivity contribution < 1.29 is 9.53 Å². The van der Waals surface area contributed by atoms with Crippen molar-refractivity contribution in [3.05, 3.63) is 35.4 Å². The van der Waals surface area contributed by atoms with Crippen LogP contribution >= 0.6 is 0 Å². The van der Waals surface area contributed by atoms with Crippen molar-refractivity contribution in [2.45, 2.75) is 6.54 Å². The molecule has 1 aromatic rings. The van der Waals surface area contributed by atoms with Gasteiger partial charge in [-0.2, -0.15) is 0 Å². The van der Waals surface area contributed by atoms with E-state index in [0.29, 0.717) is 13.2 Å². The van der Waals surface area contributed by atoms with Gasteiger partial charge in [0, 0.05) is 38.9 Å². The summed E-state index contributed by atoms with van der Waals surface area (Å²) in [6, 6.07) is 7.77. The van der Waals surface area contributed by atoms with E-state index in [1.54, 1.807) is 7.11 Å². The molecule has 17 heavy (non-hydrogen) atoms. The topological polar surface area (TPSA) is 41.6 Å². The van der Waals surface area contributed by atoms with E-state index >= 15 is 0 Å². The van der Waals surface area contributed by atoms with Crippen molar-refractivity contribution in [3.8, 4) is 0 Å². The zero-order chi connectivity index (χ0) is 12.1. The number of benzene rings is 1. The molecule has 92 valence electrons. The third-order valence-corrected chi connectivity index (χ3v) is 2.97. The van der Waals surface area contributed by atoms with E-state index in [2.05, 4.69) is 5.32 Å². The van der Waals surface area contributed by atoms with Crippen molar-refractivity contribution in [1.29, 1.82) is 0 Å². The number of rotatable bonds is 3. The lowest BCUT2D eigenvalue weighted by Crippen LogP contribution is -2.41. The molecule has 2 rings (SSSR count). The van der Waals surface area contributed by atoms with Gasteiger partial charge in [0.1, 0.15) is 0 Å². The highest BCUT2D eigenvalue weighted by Crippen LogP contribution is 2.13. The summed E-state index contributed by atoms with van der Waals surface area (Å²) in [6.45, 7) is 3.54. The Morgan fingerprint density at radius 2 is 2.24 bits per heavy atom. The predicted octanol–water partition coefficient (Wildman–Crippen LogP) is 0.878. The van der Waals surface area contributed by atoms with Gasteiger partial charge in [0.2, 0.25) is 0 Å². The molecule has 0 spiro atoms. The molecular formula is C13H18N2O2. The van der Waals surface area contributed by atoms with Gasteiger partial charge in [-0.05, 0) is 11.6 Å². The Morgan fingerprint density at radius 3 is 3.06 bits per heavy atom. The Labute approximate surface area is 102 Å². The summed E-state index contributed by atoms with van der Waals surface area (Å²) in [6.07, 6.45) is 0. The van der Waals surface area contributed by atoms with Gasteiger partial charge in [0.15, 0.2) is 0 Å². The highest BCUT2D eigenvalue weighted by atomic mass is 16.5. The summed E-state index contributed by atoms with van der Waals surface area (Å²) in [5.74, 6) is 0.110. The Balaban J connectivity index is 2.21. The van der Waals surface area contributed by atoms with Crippen LogP contribution in [0.2, 0.25) is 0 Å². The standard InChI is InChI=1S/C13H18N2O2/c1-17-9-8-15-7-6-14-10-11-4-2-3-5-12(11)13(15)16/h2-5,14H,6-10H2,1H3. The molecule has 0 radical (unpaired) electrons. The lowest BCUT2D eigenvalue weighted by molar-refractivity contribution is 0.0690. The van der Waals surface area contributed by atoms with Crippen LogP contribution in [0.25, 0.3) is 0 Å². The van der Waals surface area contributed by atoms with Gasteiger partial charge in [-0.15, -0.1) is 0 Å². The van der Waals surface area contributed by atoms with E-state index in [9.17, 15) is 4.79 Å². The molecule has 1 heterocycles. The normalized spacial score (nSPS) is 16.3. The Hall–Kier alpha value is -1.39. The van der Waals surface area contributed by atoms with Crippen molar-refractivity contribution in [2.24, 2.45) is 0 Å². The number of hydrogen-bond acceptors (Lipinski definition) is 3. The molecule has 4 heteroatoms. The molecular weight excluding hydrogens is 216 g/mol. The Morgan fingerprint density at radius 1 is 1.41 bits per heavy atom. The Kier molecular flexibility index (Phi) is 4.12. The van der Waals surface area contributed by atoms with Crippen molar-refractivity contribution >= 4 is 5.91 Å². The second-order valence-electron chi connectivity index (χ2n) is 4.12. The summed E-state index contributed by atoms with van der Waals surface area (Å²) < 4.78 is 5.04. The second kappa shape index (κ2) is 5.80. The van der Waals surface area contributed by atoms with Gasteiger partial charge in [-0.1, -0.05) is 18.2 Å². The van der Waals surface area contributed by atoms with Crippen LogP contribution in [0.3, 0.4) is 0 Å². The first-order chi connectivity index (χ1) is 8.33. The SMILES string of the molecule is COCCN1CCNCc2ccccc2C1=O. The van der Waals surface area contributed by atoms with Crippen LogP contribution < -0.4 is 5.32 Å². The minimum absolute atomic E-state index is 0.110. The largest absolute Gasteiger partial charge is 0.383 e. The first kappa shape index (κ1) is 12.1. The molecule has 0 atom stereocenters. The zero-order valence-electron chi connectivity index (χ0n) is 10.1. The third-order valence-electron chi connectivity index (χ3n) is 2.97. The molecule has 1 aliphatic rings. The van der Waals surface area contributed by atoms with Gasteiger partial charge in [0.25, 0.3) is 5.91 Å². The maximum absolute atomic E-state index is 12.3. The third kappa shape index (κ3) is 2.84. The lowest BCUT2D eigenvalue weighted by atomic mass is 10.1. The number of nitrogens with one attached hydrogen (secondary N) is 1. The van der Waals surface area contributed by atoms with E-state index in [-0.39, 0.29) is 5.91 Å². The molecule has 0 saturated carbocycles. The van der Waals surface area contributed by atoms with Crippen LogP contribution in [-0.2, 0) is 11.3 Å². The summed E-state index contributed by atoms with van der Waals surface area (Å²) in [5, 5.41) is 3.34. The first-order valence-electron chi connectivity index (χ1n) is 5.90. The summed E-state index contributed by atoms with van der Waals surface area (Å²) in [7, 11) is 1.65. The maximum atomic E-state index is 12.3. The van der Waals surface area contributed by atoms with E-state index in [4.69, 9.17) is 4.74 Å². The zero-order valence-corrected chi connectivity index (χ0v) is 10.1. The van der Waals surface area contributed by atoms with Gasteiger partial charge in [-0.25, -0.2) is 0 Å². The van der Waals surface area contributed by atoms with Crippen LogP contribution in [0.15, 0.2) is 24.3 Å². The van der Waals surface area contributed by atoms with Crippen molar-refractivity contribution in [2.75, 3.05) is 33.4 Å². The number of methoxy groups -OCH3 is 1. The quantitative estimate of drug-likeness (QED) is 0.844. The van der Waals surface area contributed by atoms with E-state index < -0.39 is 0 Å². The van der Waals surface area contributed by atoms with Gasteiger partial charge in [0.05, 0.1) is 6.61 Å². The van der Waals surface area contributed by atoms with E-state index in [0.717, 1.165) is 30.8 Å². The van der Waals surface area contributed by atoms with Gasteiger partial charge < -0.3 is 15.0 Å². The van der Waals surface area contributed by atoms with Crippen LogP contribution in [-0.4, -0.2) is 44.2 Å². The maximum Gasteiger partial charge on any atom is 0.254 e. The Bertz CT molecular complexity index is 393. The number of amides is 1. The number of carbonyl (C=O) groups excluding carboxylic acids is 1. The monoisotopic (exact) mass is 234 g/mol. The van der Waals surface area contributed by atoms with E-state index in [1.165, 1.54) is 0 Å². The second-order valence-corrected chi connectivity index (χ2v) is 4.12. The summed E-state index contributed by atoms with van der Waals surface area (Å²) in [5.41, 5.74) is 1.87. The smallest absolute Gasteiger partial charge is 0.254 e. The van der Waals surface area contributed by atoms with Crippen molar-refractivity contribution in [1.82, 2.24) is 10.2 Å². The number of nitrogens with zero attached hydrogens (tertiary/aromatic N) is 1. The number of ether oxygens (including phenoxy) is 1. The number of fused-ring (bicyclic) bond motifs is 1. The minimum atomic E-state index is 0.110. The highest BCUT2D eigenvalue weighted by Gasteiger charge is 2.19. The number of hydrogen-bond donors (Lipinski definition) is 1. The van der Waals surface area contributed by atoms with Crippen molar-refractivity contribution in [3.63, 3.8) is 0 Å². The molecule has 4 nitrogen and oxygen atoms in total. The first-order valence-corrected chi connectivity index (χ1v) is 5.90. The number of carbonyl (C=O) groups is 1. The molecule has 0 fully saturated rings. The molecule has 1 aliphatic heterocycles. The van der Waals surface area contributed by atoms with E-state index in [1.807, 2.05) is 29.2 Å². The average molecular weight is 234 g/mol. The van der Waals surface area contributed by atoms with Crippen LogP contribution in [0.5, 0.6) is 0 Å². The fourth-order valence-electron chi connectivity index (χ4n) is 2.01. The predicted molar refractivity (Wildman–Crippen MR) is 65.9 cm³/mol. The van der Waals surface area contributed by atoms with Gasteiger partial charge in [-0.3, -0.25) is 4.79 Å². The molecule has 0 unspecified atom stereocenters. The summed E-state index contributed by atoms with van der Waals surface area (Å²) >= 11 is 0. The van der Waals surface area contributed by atoms with Crippen LogP contribution in [0, 0.1) is 0 Å². The molecule has 0 bridgehead atoms. The van der Waals surface area contributed by atoms with Crippen LogP contribution in [0.1, 0.15) is 15.9 Å².